The molecule has 6 nitrogen and oxygen atoms in total. The molecule has 1 aliphatic heterocycles. The highest BCUT2D eigenvalue weighted by molar-refractivity contribution is 5.79. The number of carbonyl (C=O) groups excluding carboxylic acids is 1. The third kappa shape index (κ3) is 3.41. The normalized spacial score (nSPS) is 25.4. The Morgan fingerprint density at radius 2 is 2.11 bits per heavy atom. The molecule has 0 spiro atoms. The van der Waals surface area contributed by atoms with Gasteiger partial charge in [0, 0.05) is 18.5 Å². The zero-order chi connectivity index (χ0) is 13.0. The predicted octanol–water partition coefficient (Wildman–Crippen LogP) is 0.553. The monoisotopic (exact) mass is 253 g/mol. The minimum atomic E-state index is -0.890. The van der Waals surface area contributed by atoms with E-state index in [0.717, 1.165) is 0 Å². The number of fused-ring (bicyclic) bond motifs is 1. The Balaban J connectivity index is 1.77. The Morgan fingerprint density at radius 3 is 2.89 bits per heavy atom. The molecule has 2 N–H and O–H groups in total. The summed E-state index contributed by atoms with van der Waals surface area (Å²) in [5, 5.41) is 11.2. The molecule has 0 aromatic carbocycles. The summed E-state index contributed by atoms with van der Waals surface area (Å²) in [5.74, 6) is -1.08. The van der Waals surface area contributed by atoms with E-state index in [2.05, 4.69) is 5.32 Å². The van der Waals surface area contributed by atoms with Crippen molar-refractivity contribution in [2.75, 3.05) is 6.79 Å². The minimum absolute atomic E-state index is 0.00393. The number of amides is 1. The number of allylic oxidation sites excluding steroid dienone is 1. The van der Waals surface area contributed by atoms with E-state index in [0.29, 0.717) is 12.1 Å². The molecule has 0 saturated carbocycles. The summed E-state index contributed by atoms with van der Waals surface area (Å²) in [6.07, 6.45) is 5.72. The zero-order valence-electron chi connectivity index (χ0n) is 9.80. The molecular formula is C12H15NO5. The average molecular weight is 253 g/mol. The molecule has 2 aliphatic rings. The topological polar surface area (TPSA) is 84.9 Å². The average Bonchev–Trinajstić information content (AvgIpc) is 2.75. The summed E-state index contributed by atoms with van der Waals surface area (Å²) in [6, 6.07) is 0. The summed E-state index contributed by atoms with van der Waals surface area (Å²) < 4.78 is 10.6. The van der Waals surface area contributed by atoms with E-state index in [1.54, 1.807) is 12.2 Å². The highest BCUT2D eigenvalue weighted by atomic mass is 16.7. The molecule has 18 heavy (non-hydrogen) atoms. The van der Waals surface area contributed by atoms with E-state index in [4.69, 9.17) is 14.6 Å². The maximum Gasteiger partial charge on any atom is 0.303 e. The Labute approximate surface area is 104 Å². The van der Waals surface area contributed by atoms with Crippen molar-refractivity contribution in [3.8, 4) is 0 Å². The molecule has 1 fully saturated rings. The largest absolute Gasteiger partial charge is 0.481 e. The second kappa shape index (κ2) is 5.79. The van der Waals surface area contributed by atoms with E-state index in [1.165, 1.54) is 0 Å². The lowest BCUT2D eigenvalue weighted by Gasteiger charge is -2.16. The summed E-state index contributed by atoms with van der Waals surface area (Å²) >= 11 is 0. The van der Waals surface area contributed by atoms with Crippen LogP contribution in [-0.4, -0.2) is 36.0 Å². The van der Waals surface area contributed by atoms with Gasteiger partial charge in [0.05, 0.1) is 0 Å². The number of rotatable bonds is 5. The van der Waals surface area contributed by atoms with E-state index in [1.807, 2.05) is 6.08 Å². The lowest BCUT2D eigenvalue weighted by Crippen LogP contribution is -2.28. The fourth-order valence-corrected chi connectivity index (χ4v) is 1.83. The number of hydrogen-bond donors (Lipinski definition) is 2. The van der Waals surface area contributed by atoms with Crippen molar-refractivity contribution in [1.82, 2.24) is 5.32 Å². The van der Waals surface area contributed by atoms with Crippen molar-refractivity contribution < 1.29 is 24.2 Å². The highest BCUT2D eigenvalue weighted by Gasteiger charge is 2.28. The molecule has 1 heterocycles. The second-order valence-corrected chi connectivity index (χ2v) is 4.16. The summed E-state index contributed by atoms with van der Waals surface area (Å²) in [7, 11) is 0. The molecule has 1 amide bonds. The number of carbonyl (C=O) groups is 2. The summed E-state index contributed by atoms with van der Waals surface area (Å²) in [6.45, 7) is 0.260. The van der Waals surface area contributed by atoms with Crippen molar-refractivity contribution in [2.24, 2.45) is 0 Å². The molecule has 98 valence electrons. The number of carboxylic acid groups (broad SMARTS) is 1. The van der Waals surface area contributed by atoms with Gasteiger partial charge < -0.3 is 19.9 Å². The highest BCUT2D eigenvalue weighted by Crippen LogP contribution is 2.21. The van der Waals surface area contributed by atoms with Gasteiger partial charge in [0.1, 0.15) is 19.0 Å². The van der Waals surface area contributed by atoms with Crippen LogP contribution in [0.1, 0.15) is 19.3 Å². The summed E-state index contributed by atoms with van der Waals surface area (Å²) in [4.78, 5) is 21.8. The Morgan fingerprint density at radius 1 is 1.33 bits per heavy atom. The maximum atomic E-state index is 11.5. The standard InChI is InChI=1S/C12H15NO5/c14-11(2-1-3-12(15)16)13-8-4-5-9-10(6-8)18-7-17-9/h4-6,9-10H,1-3,7H2,(H,13,14)(H,15,16). The number of aliphatic carboxylic acids is 1. The Bertz CT molecular complexity index is 401. The Kier molecular flexibility index (Phi) is 4.11. The molecule has 0 aromatic heterocycles. The van der Waals surface area contributed by atoms with Gasteiger partial charge in [-0.15, -0.1) is 0 Å². The fourth-order valence-electron chi connectivity index (χ4n) is 1.83. The molecule has 2 unspecified atom stereocenters. The molecule has 2 rings (SSSR count). The third-order valence-electron chi connectivity index (χ3n) is 2.73. The first-order valence-electron chi connectivity index (χ1n) is 5.80. The molecule has 0 aromatic rings. The van der Waals surface area contributed by atoms with Crippen LogP contribution in [-0.2, 0) is 19.1 Å². The molecule has 0 bridgehead atoms. The van der Waals surface area contributed by atoms with Crippen LogP contribution in [0.25, 0.3) is 0 Å². The van der Waals surface area contributed by atoms with Crippen molar-refractivity contribution in [3.05, 3.63) is 23.9 Å². The molecule has 1 saturated heterocycles. The van der Waals surface area contributed by atoms with Crippen LogP contribution in [0.3, 0.4) is 0 Å². The van der Waals surface area contributed by atoms with Gasteiger partial charge in [-0.2, -0.15) is 0 Å². The van der Waals surface area contributed by atoms with E-state index in [-0.39, 0.29) is 37.7 Å². The van der Waals surface area contributed by atoms with Gasteiger partial charge in [-0.05, 0) is 18.6 Å². The first-order valence-corrected chi connectivity index (χ1v) is 5.80. The number of ether oxygens (including phenoxy) is 2. The lowest BCUT2D eigenvalue weighted by atomic mass is 10.1. The van der Waals surface area contributed by atoms with E-state index < -0.39 is 5.97 Å². The minimum Gasteiger partial charge on any atom is -0.481 e. The van der Waals surface area contributed by atoms with Gasteiger partial charge in [-0.3, -0.25) is 9.59 Å². The number of nitrogens with one attached hydrogen (secondary N) is 1. The first-order chi connectivity index (χ1) is 8.65. The van der Waals surface area contributed by atoms with Crippen LogP contribution in [0, 0.1) is 0 Å². The van der Waals surface area contributed by atoms with Crippen LogP contribution >= 0.6 is 0 Å². The number of hydrogen-bond acceptors (Lipinski definition) is 4. The van der Waals surface area contributed by atoms with Crippen molar-refractivity contribution in [3.63, 3.8) is 0 Å². The molecule has 1 aliphatic carbocycles. The van der Waals surface area contributed by atoms with Crippen LogP contribution in [0.15, 0.2) is 23.9 Å². The van der Waals surface area contributed by atoms with Crippen molar-refractivity contribution in [1.29, 1.82) is 0 Å². The lowest BCUT2D eigenvalue weighted by molar-refractivity contribution is -0.137. The second-order valence-electron chi connectivity index (χ2n) is 4.16. The zero-order valence-corrected chi connectivity index (χ0v) is 9.80. The van der Waals surface area contributed by atoms with Crippen molar-refractivity contribution >= 4 is 11.9 Å². The van der Waals surface area contributed by atoms with Crippen LogP contribution in [0.5, 0.6) is 0 Å². The number of carboxylic acids is 1. The quantitative estimate of drug-likeness (QED) is 0.747. The first kappa shape index (κ1) is 12.8. The van der Waals surface area contributed by atoms with Gasteiger partial charge >= 0.3 is 5.97 Å². The smallest absolute Gasteiger partial charge is 0.303 e. The van der Waals surface area contributed by atoms with Gasteiger partial charge in [0.15, 0.2) is 0 Å². The van der Waals surface area contributed by atoms with Gasteiger partial charge in [-0.1, -0.05) is 6.08 Å². The van der Waals surface area contributed by atoms with Crippen LogP contribution < -0.4 is 5.32 Å². The fraction of sp³-hybridized carbons (Fsp3) is 0.500. The predicted molar refractivity (Wildman–Crippen MR) is 61.5 cm³/mol. The SMILES string of the molecule is O=C(O)CCCC(=O)NC1=CC2OCOC2C=C1. The van der Waals surface area contributed by atoms with Gasteiger partial charge in [-0.25, -0.2) is 0 Å². The molecular weight excluding hydrogens is 238 g/mol. The molecule has 0 radical (unpaired) electrons. The van der Waals surface area contributed by atoms with E-state index in [9.17, 15) is 9.59 Å². The van der Waals surface area contributed by atoms with Crippen LogP contribution in [0.2, 0.25) is 0 Å². The van der Waals surface area contributed by atoms with Crippen LogP contribution in [0.4, 0.5) is 0 Å². The summed E-state index contributed by atoms with van der Waals surface area (Å²) in [5.41, 5.74) is 0.669. The van der Waals surface area contributed by atoms with Gasteiger partial charge in [0.25, 0.3) is 0 Å². The third-order valence-corrected chi connectivity index (χ3v) is 2.73. The Hall–Kier alpha value is -1.66. The molecule has 2 atom stereocenters. The van der Waals surface area contributed by atoms with Crippen molar-refractivity contribution in [2.45, 2.75) is 31.5 Å². The van der Waals surface area contributed by atoms with E-state index >= 15 is 0 Å². The molecule has 6 heteroatoms. The maximum absolute atomic E-state index is 11.5. The van der Waals surface area contributed by atoms with Gasteiger partial charge in [0.2, 0.25) is 5.91 Å².